The molecule has 0 unspecified atom stereocenters. The van der Waals surface area contributed by atoms with Gasteiger partial charge in [0.05, 0.1) is 11.5 Å². The summed E-state index contributed by atoms with van der Waals surface area (Å²) in [7, 11) is 0. The van der Waals surface area contributed by atoms with Crippen LogP contribution in [0.15, 0.2) is 18.2 Å². The van der Waals surface area contributed by atoms with E-state index in [9.17, 15) is 10.1 Å². The maximum atomic E-state index is 10.9. The molecule has 0 spiro atoms. The van der Waals surface area contributed by atoms with Gasteiger partial charge in [-0.25, -0.2) is 0 Å². The smallest absolute Gasteiger partial charge is 0.311 e. The summed E-state index contributed by atoms with van der Waals surface area (Å²) in [6.07, 6.45) is 0. The lowest BCUT2D eigenvalue weighted by Crippen LogP contribution is -2.23. The first-order valence-electron chi connectivity index (χ1n) is 5.30. The Balaban J connectivity index is 2.94. The highest BCUT2D eigenvalue weighted by Crippen LogP contribution is 2.32. The lowest BCUT2D eigenvalue weighted by Gasteiger charge is -2.22. The van der Waals surface area contributed by atoms with Crippen LogP contribution in [0.25, 0.3) is 0 Å². The summed E-state index contributed by atoms with van der Waals surface area (Å²) in [5, 5.41) is 11.7. The van der Waals surface area contributed by atoms with E-state index in [0.717, 1.165) is 10.9 Å². The third kappa shape index (κ3) is 3.70. The predicted molar refractivity (Wildman–Crippen MR) is 70.9 cm³/mol. The Morgan fingerprint density at radius 3 is 2.65 bits per heavy atom. The van der Waals surface area contributed by atoms with Gasteiger partial charge in [-0.1, -0.05) is 41.9 Å². The van der Waals surface area contributed by atoms with Gasteiger partial charge in [-0.3, -0.25) is 10.1 Å². The topological polar surface area (TPSA) is 52.4 Å². The second-order valence-electron chi connectivity index (χ2n) is 4.77. The SMILES string of the molecule is Cc1cccc([N+](=O)[O-])c1OCC(C)(C)CBr. The maximum absolute atomic E-state index is 10.9. The summed E-state index contributed by atoms with van der Waals surface area (Å²) in [6.45, 7) is 6.31. The molecule has 4 nitrogen and oxygen atoms in total. The third-order valence-electron chi connectivity index (χ3n) is 2.36. The molecule has 0 saturated carbocycles. The molecular weight excluding hydrogens is 286 g/mol. The fraction of sp³-hybridized carbons (Fsp3) is 0.500. The molecule has 1 aromatic carbocycles. The maximum Gasteiger partial charge on any atom is 0.311 e. The normalized spacial score (nSPS) is 11.3. The molecule has 0 aliphatic carbocycles. The van der Waals surface area contributed by atoms with Gasteiger partial charge in [0.2, 0.25) is 0 Å². The molecule has 17 heavy (non-hydrogen) atoms. The Morgan fingerprint density at radius 1 is 1.47 bits per heavy atom. The van der Waals surface area contributed by atoms with Gasteiger partial charge in [-0.15, -0.1) is 0 Å². The number of alkyl halides is 1. The molecule has 5 heteroatoms. The number of aryl methyl sites for hydroxylation is 1. The largest absolute Gasteiger partial charge is 0.486 e. The van der Waals surface area contributed by atoms with Gasteiger partial charge in [-0.2, -0.15) is 0 Å². The third-order valence-corrected chi connectivity index (χ3v) is 3.87. The van der Waals surface area contributed by atoms with E-state index >= 15 is 0 Å². The van der Waals surface area contributed by atoms with Crippen molar-refractivity contribution in [1.29, 1.82) is 0 Å². The highest BCUT2D eigenvalue weighted by Gasteiger charge is 2.22. The number of ether oxygens (including phenoxy) is 1. The van der Waals surface area contributed by atoms with E-state index in [2.05, 4.69) is 15.9 Å². The molecule has 0 saturated heterocycles. The summed E-state index contributed by atoms with van der Waals surface area (Å²) in [6, 6.07) is 4.93. The lowest BCUT2D eigenvalue weighted by molar-refractivity contribution is -0.386. The molecule has 94 valence electrons. The van der Waals surface area contributed by atoms with Crippen molar-refractivity contribution in [1.82, 2.24) is 0 Å². The second-order valence-corrected chi connectivity index (χ2v) is 5.33. The van der Waals surface area contributed by atoms with Crippen LogP contribution in [0.2, 0.25) is 0 Å². The molecule has 0 atom stereocenters. The molecule has 0 heterocycles. The van der Waals surface area contributed by atoms with Gasteiger partial charge >= 0.3 is 5.69 Å². The monoisotopic (exact) mass is 301 g/mol. The van der Waals surface area contributed by atoms with Crippen molar-refractivity contribution in [3.63, 3.8) is 0 Å². The van der Waals surface area contributed by atoms with Crippen LogP contribution < -0.4 is 4.74 Å². The number of halogens is 1. The van der Waals surface area contributed by atoms with Crippen molar-refractivity contribution in [2.45, 2.75) is 20.8 Å². The van der Waals surface area contributed by atoms with Crippen molar-refractivity contribution < 1.29 is 9.66 Å². The molecule has 1 aromatic rings. The van der Waals surface area contributed by atoms with Crippen LogP contribution in [0.1, 0.15) is 19.4 Å². The highest BCUT2D eigenvalue weighted by molar-refractivity contribution is 9.09. The van der Waals surface area contributed by atoms with Gasteiger partial charge in [0.1, 0.15) is 0 Å². The molecule has 0 aromatic heterocycles. The average molecular weight is 302 g/mol. The zero-order valence-electron chi connectivity index (χ0n) is 10.2. The summed E-state index contributed by atoms with van der Waals surface area (Å²) in [4.78, 5) is 10.5. The molecule has 1 rings (SSSR count). The van der Waals surface area contributed by atoms with E-state index in [-0.39, 0.29) is 11.1 Å². The van der Waals surface area contributed by atoms with Gasteiger partial charge in [0.15, 0.2) is 5.75 Å². The van der Waals surface area contributed by atoms with Crippen molar-refractivity contribution >= 4 is 21.6 Å². The quantitative estimate of drug-likeness (QED) is 0.473. The van der Waals surface area contributed by atoms with Crippen molar-refractivity contribution in [3.05, 3.63) is 33.9 Å². The summed E-state index contributed by atoms with van der Waals surface area (Å²) in [5.74, 6) is 0.367. The van der Waals surface area contributed by atoms with E-state index in [1.165, 1.54) is 6.07 Å². The van der Waals surface area contributed by atoms with Crippen LogP contribution in [0.5, 0.6) is 5.75 Å². The Bertz CT molecular complexity index is 418. The van der Waals surface area contributed by atoms with Gasteiger partial charge < -0.3 is 4.74 Å². The first-order valence-corrected chi connectivity index (χ1v) is 6.42. The van der Waals surface area contributed by atoms with Gasteiger partial charge in [-0.05, 0) is 12.5 Å². The minimum Gasteiger partial charge on any atom is -0.486 e. The molecule has 0 aliphatic heterocycles. The predicted octanol–water partition coefficient (Wildman–Crippen LogP) is 3.70. The molecular formula is C12H16BrNO3. The highest BCUT2D eigenvalue weighted by atomic mass is 79.9. The number of benzene rings is 1. The molecule has 0 fully saturated rings. The van der Waals surface area contributed by atoms with E-state index in [1.54, 1.807) is 6.07 Å². The number of nitro benzene ring substituents is 1. The Kier molecular flexibility index (Phi) is 4.51. The fourth-order valence-corrected chi connectivity index (χ4v) is 1.44. The van der Waals surface area contributed by atoms with E-state index in [0.29, 0.717) is 12.4 Å². The van der Waals surface area contributed by atoms with Crippen molar-refractivity contribution in [2.24, 2.45) is 5.41 Å². The molecule has 0 radical (unpaired) electrons. The first kappa shape index (κ1) is 14.0. The lowest BCUT2D eigenvalue weighted by atomic mass is 9.98. The van der Waals surface area contributed by atoms with Crippen LogP contribution in [0.3, 0.4) is 0 Å². The van der Waals surface area contributed by atoms with Crippen LogP contribution in [-0.2, 0) is 0 Å². The molecule has 0 aliphatic rings. The zero-order valence-corrected chi connectivity index (χ0v) is 11.8. The number of hydrogen-bond acceptors (Lipinski definition) is 3. The van der Waals surface area contributed by atoms with Crippen LogP contribution >= 0.6 is 15.9 Å². The summed E-state index contributed by atoms with van der Waals surface area (Å²) < 4.78 is 5.61. The van der Waals surface area contributed by atoms with Crippen molar-refractivity contribution in [3.8, 4) is 5.75 Å². The van der Waals surface area contributed by atoms with Crippen LogP contribution in [-0.4, -0.2) is 16.9 Å². The van der Waals surface area contributed by atoms with Gasteiger partial charge in [0.25, 0.3) is 0 Å². The van der Waals surface area contributed by atoms with Gasteiger partial charge in [0, 0.05) is 16.8 Å². The molecule has 0 amide bonds. The number of para-hydroxylation sites is 1. The van der Waals surface area contributed by atoms with Crippen LogP contribution in [0, 0.1) is 22.5 Å². The van der Waals surface area contributed by atoms with E-state index in [4.69, 9.17) is 4.74 Å². The fourth-order valence-electron chi connectivity index (χ4n) is 1.27. The second kappa shape index (κ2) is 5.49. The Labute approximate surface area is 109 Å². The zero-order chi connectivity index (χ0) is 13.1. The van der Waals surface area contributed by atoms with Crippen molar-refractivity contribution in [2.75, 3.05) is 11.9 Å². The number of rotatable bonds is 5. The average Bonchev–Trinajstić information content (AvgIpc) is 2.27. The van der Waals surface area contributed by atoms with Crippen LogP contribution in [0.4, 0.5) is 5.69 Å². The van der Waals surface area contributed by atoms with E-state index < -0.39 is 4.92 Å². The standard InChI is InChI=1S/C12H16BrNO3/c1-9-5-4-6-10(14(15)16)11(9)17-8-12(2,3)7-13/h4-6H,7-8H2,1-3H3. The minimum atomic E-state index is -0.413. The van der Waals surface area contributed by atoms with E-state index in [1.807, 2.05) is 26.8 Å². The molecule has 0 bridgehead atoms. The Morgan fingerprint density at radius 2 is 2.12 bits per heavy atom. The summed E-state index contributed by atoms with van der Waals surface area (Å²) in [5.41, 5.74) is 0.746. The number of nitrogens with zero attached hydrogens (tertiary/aromatic N) is 1. The number of hydrogen-bond donors (Lipinski definition) is 0. The summed E-state index contributed by atoms with van der Waals surface area (Å²) >= 11 is 3.40. The molecule has 0 N–H and O–H groups in total. The number of nitro groups is 1. The first-order chi connectivity index (χ1) is 7.87. The minimum absolute atomic E-state index is 0.0235. The Hall–Kier alpha value is -1.10.